The average Bonchev–Trinajstić information content (AvgIpc) is 1.62. The van der Waals surface area contributed by atoms with Crippen molar-refractivity contribution in [3.05, 3.63) is 0 Å². The molecule has 0 spiro atoms. The molecule has 0 aromatic rings. The molecule has 0 amide bonds. The molecule has 4 N–H and O–H groups in total. The van der Waals surface area contributed by atoms with Gasteiger partial charge in [0.05, 0.1) is 13.2 Å². The van der Waals surface area contributed by atoms with Gasteiger partial charge in [-0.25, -0.2) is 0 Å². The Bertz CT molecular complexity index is 70.1. The molecule has 1 rings (SSSR count). The SMILES string of the molecule is NCC(N)C1COC1. The minimum absolute atomic E-state index is 0.156. The lowest BCUT2D eigenvalue weighted by Gasteiger charge is -2.30. The van der Waals surface area contributed by atoms with Crippen LogP contribution in [0.1, 0.15) is 0 Å². The average molecular weight is 116 g/mol. The summed E-state index contributed by atoms with van der Waals surface area (Å²) in [4.78, 5) is 0. The van der Waals surface area contributed by atoms with Gasteiger partial charge in [-0.1, -0.05) is 0 Å². The smallest absolute Gasteiger partial charge is 0.0531 e. The Morgan fingerprint density at radius 3 is 2.38 bits per heavy atom. The number of nitrogens with two attached hydrogens (primary N) is 2. The maximum Gasteiger partial charge on any atom is 0.0531 e. The van der Waals surface area contributed by atoms with Crippen molar-refractivity contribution in [1.82, 2.24) is 0 Å². The Hall–Kier alpha value is -0.120. The largest absolute Gasteiger partial charge is 0.381 e. The summed E-state index contributed by atoms with van der Waals surface area (Å²) in [7, 11) is 0. The highest BCUT2D eigenvalue weighted by Gasteiger charge is 2.23. The summed E-state index contributed by atoms with van der Waals surface area (Å²) in [6.45, 7) is 2.19. The number of ether oxygens (including phenoxy) is 1. The lowest BCUT2D eigenvalue weighted by molar-refractivity contribution is -0.0421. The third-order valence-electron chi connectivity index (χ3n) is 1.54. The predicted molar refractivity (Wildman–Crippen MR) is 31.3 cm³/mol. The van der Waals surface area contributed by atoms with E-state index < -0.39 is 0 Å². The van der Waals surface area contributed by atoms with Crippen LogP contribution in [0, 0.1) is 5.92 Å². The van der Waals surface area contributed by atoms with Gasteiger partial charge in [0.2, 0.25) is 0 Å². The van der Waals surface area contributed by atoms with E-state index in [0.717, 1.165) is 13.2 Å². The highest BCUT2D eigenvalue weighted by molar-refractivity contribution is 4.77. The highest BCUT2D eigenvalue weighted by Crippen LogP contribution is 2.11. The molecule has 1 unspecified atom stereocenters. The Balaban J connectivity index is 2.13. The van der Waals surface area contributed by atoms with E-state index in [1.165, 1.54) is 0 Å². The topological polar surface area (TPSA) is 61.3 Å². The van der Waals surface area contributed by atoms with Gasteiger partial charge >= 0.3 is 0 Å². The second-order valence-corrected chi connectivity index (χ2v) is 2.20. The molecule has 0 bridgehead atoms. The normalized spacial score (nSPS) is 24.8. The first-order valence-corrected chi connectivity index (χ1v) is 2.88. The predicted octanol–water partition coefficient (Wildman–Crippen LogP) is -1.08. The van der Waals surface area contributed by atoms with Crippen molar-refractivity contribution in [2.24, 2.45) is 17.4 Å². The van der Waals surface area contributed by atoms with Crippen LogP contribution in [0.4, 0.5) is 0 Å². The third-order valence-corrected chi connectivity index (χ3v) is 1.54. The van der Waals surface area contributed by atoms with E-state index in [1.807, 2.05) is 0 Å². The summed E-state index contributed by atoms with van der Waals surface area (Å²) in [5.74, 6) is 0.528. The zero-order valence-electron chi connectivity index (χ0n) is 4.84. The molecule has 1 aliphatic rings. The molecular weight excluding hydrogens is 104 g/mol. The molecule has 0 aliphatic carbocycles. The summed E-state index contributed by atoms with van der Waals surface area (Å²) in [6.07, 6.45) is 0. The van der Waals surface area contributed by atoms with Crippen LogP contribution >= 0.6 is 0 Å². The van der Waals surface area contributed by atoms with Crippen LogP contribution < -0.4 is 11.5 Å². The zero-order chi connectivity index (χ0) is 5.98. The van der Waals surface area contributed by atoms with Gasteiger partial charge in [0.15, 0.2) is 0 Å². The molecule has 3 nitrogen and oxygen atoms in total. The van der Waals surface area contributed by atoms with Gasteiger partial charge in [0.1, 0.15) is 0 Å². The Labute approximate surface area is 49.0 Å². The maximum absolute atomic E-state index is 5.57. The first-order valence-electron chi connectivity index (χ1n) is 2.88. The summed E-state index contributed by atoms with van der Waals surface area (Å²) in [6, 6.07) is 0.156. The van der Waals surface area contributed by atoms with Crippen molar-refractivity contribution < 1.29 is 4.74 Å². The second-order valence-electron chi connectivity index (χ2n) is 2.20. The number of hydrogen-bond donors (Lipinski definition) is 2. The van der Waals surface area contributed by atoms with Crippen LogP contribution in [-0.2, 0) is 4.74 Å². The van der Waals surface area contributed by atoms with Crippen molar-refractivity contribution in [2.75, 3.05) is 19.8 Å². The zero-order valence-corrected chi connectivity index (χ0v) is 4.84. The Morgan fingerprint density at radius 1 is 1.62 bits per heavy atom. The van der Waals surface area contributed by atoms with Crippen LogP contribution in [0.5, 0.6) is 0 Å². The summed E-state index contributed by atoms with van der Waals surface area (Å²) < 4.78 is 4.92. The second kappa shape index (κ2) is 2.44. The molecule has 48 valence electrons. The molecule has 0 saturated carbocycles. The molecule has 1 saturated heterocycles. The third kappa shape index (κ3) is 0.992. The van der Waals surface area contributed by atoms with Crippen LogP contribution in [0.2, 0.25) is 0 Å². The van der Waals surface area contributed by atoms with Crippen LogP contribution in [0.15, 0.2) is 0 Å². The van der Waals surface area contributed by atoms with Gasteiger partial charge in [-0.3, -0.25) is 0 Å². The first kappa shape index (κ1) is 6.01. The van der Waals surface area contributed by atoms with E-state index in [2.05, 4.69) is 0 Å². The number of rotatable bonds is 2. The molecule has 3 heteroatoms. The van der Waals surface area contributed by atoms with E-state index in [9.17, 15) is 0 Å². The summed E-state index contributed by atoms with van der Waals surface area (Å²) in [5.41, 5.74) is 10.9. The van der Waals surface area contributed by atoms with E-state index in [1.54, 1.807) is 0 Å². The molecule has 0 aromatic carbocycles. The standard InChI is InChI=1S/C5H12N2O/c6-1-5(7)4-2-8-3-4/h4-5H,1-3,6-7H2. The Morgan fingerprint density at radius 2 is 2.25 bits per heavy atom. The van der Waals surface area contributed by atoms with Gasteiger partial charge in [0, 0.05) is 18.5 Å². The molecule has 8 heavy (non-hydrogen) atoms. The summed E-state index contributed by atoms with van der Waals surface area (Å²) >= 11 is 0. The molecular formula is C5H12N2O. The van der Waals surface area contributed by atoms with Gasteiger partial charge < -0.3 is 16.2 Å². The fourth-order valence-electron chi connectivity index (χ4n) is 0.694. The first-order chi connectivity index (χ1) is 3.84. The van der Waals surface area contributed by atoms with E-state index in [-0.39, 0.29) is 6.04 Å². The quantitative estimate of drug-likeness (QED) is 0.482. The lowest BCUT2D eigenvalue weighted by Crippen LogP contribution is -2.47. The van der Waals surface area contributed by atoms with E-state index in [0.29, 0.717) is 12.5 Å². The molecule has 1 heterocycles. The van der Waals surface area contributed by atoms with E-state index >= 15 is 0 Å². The van der Waals surface area contributed by atoms with Crippen LogP contribution in [0.25, 0.3) is 0 Å². The number of hydrogen-bond acceptors (Lipinski definition) is 3. The monoisotopic (exact) mass is 116 g/mol. The summed E-state index contributed by atoms with van der Waals surface area (Å²) in [5, 5.41) is 0. The molecule has 1 atom stereocenters. The van der Waals surface area contributed by atoms with Gasteiger partial charge in [0.25, 0.3) is 0 Å². The van der Waals surface area contributed by atoms with Crippen LogP contribution in [-0.4, -0.2) is 25.8 Å². The van der Waals surface area contributed by atoms with Crippen molar-refractivity contribution >= 4 is 0 Å². The van der Waals surface area contributed by atoms with Crippen LogP contribution in [0.3, 0.4) is 0 Å². The van der Waals surface area contributed by atoms with Gasteiger partial charge in [-0.15, -0.1) is 0 Å². The lowest BCUT2D eigenvalue weighted by atomic mass is 9.99. The fourth-order valence-corrected chi connectivity index (χ4v) is 0.694. The Kier molecular flexibility index (Phi) is 1.83. The fraction of sp³-hybridized carbons (Fsp3) is 1.00. The van der Waals surface area contributed by atoms with Gasteiger partial charge in [-0.05, 0) is 0 Å². The molecule has 1 aliphatic heterocycles. The van der Waals surface area contributed by atoms with E-state index in [4.69, 9.17) is 16.2 Å². The molecule has 1 fully saturated rings. The van der Waals surface area contributed by atoms with Crippen molar-refractivity contribution in [2.45, 2.75) is 6.04 Å². The van der Waals surface area contributed by atoms with Crippen molar-refractivity contribution in [3.8, 4) is 0 Å². The minimum atomic E-state index is 0.156. The maximum atomic E-state index is 5.57. The minimum Gasteiger partial charge on any atom is -0.381 e. The highest BCUT2D eigenvalue weighted by atomic mass is 16.5. The molecule has 0 radical (unpaired) electrons. The van der Waals surface area contributed by atoms with Gasteiger partial charge in [-0.2, -0.15) is 0 Å². The van der Waals surface area contributed by atoms with Crippen molar-refractivity contribution in [3.63, 3.8) is 0 Å². The molecule has 0 aromatic heterocycles. The van der Waals surface area contributed by atoms with Crippen molar-refractivity contribution in [1.29, 1.82) is 0 Å².